The number of aryl methyl sites for hydroxylation is 2. The molecule has 1 N–H and O–H groups in total. The third-order valence-electron chi connectivity index (χ3n) is 5.43. The lowest BCUT2D eigenvalue weighted by Gasteiger charge is -2.29. The molecular formula is C20H25N3O6S. The minimum atomic E-state index is -3.94. The number of hydrogen-bond acceptors (Lipinski definition) is 7. The Kier molecular flexibility index (Phi) is 5.46. The Labute approximate surface area is 175 Å². The molecular weight excluding hydrogens is 410 g/mol. The smallest absolute Gasteiger partial charge is 0.246 e. The average molecular weight is 436 g/mol. The van der Waals surface area contributed by atoms with E-state index in [2.05, 4.69) is 9.88 Å². The number of aromatic nitrogens is 1. The highest BCUT2D eigenvalue weighted by molar-refractivity contribution is 7.89. The number of carbonyl (C=O) groups excluding carboxylic acids is 1. The second-order valence-electron chi connectivity index (χ2n) is 7.59. The largest absolute Gasteiger partial charge is 0.486 e. The van der Waals surface area contributed by atoms with E-state index >= 15 is 0 Å². The zero-order valence-corrected chi connectivity index (χ0v) is 18.0. The number of benzene rings is 1. The van der Waals surface area contributed by atoms with Gasteiger partial charge in [-0.2, -0.15) is 4.72 Å². The fraction of sp³-hybridized carbons (Fsp3) is 0.500. The first-order valence-electron chi connectivity index (χ1n) is 9.93. The molecule has 2 aliphatic heterocycles. The highest BCUT2D eigenvalue weighted by atomic mass is 32.2. The first kappa shape index (κ1) is 20.7. The van der Waals surface area contributed by atoms with Crippen LogP contribution in [-0.2, 0) is 14.8 Å². The van der Waals surface area contributed by atoms with Crippen molar-refractivity contribution in [2.45, 2.75) is 50.6 Å². The molecule has 1 unspecified atom stereocenters. The summed E-state index contributed by atoms with van der Waals surface area (Å²) in [5.41, 5.74) is 1.21. The van der Waals surface area contributed by atoms with Crippen molar-refractivity contribution in [1.82, 2.24) is 14.8 Å². The molecule has 3 heterocycles. The minimum Gasteiger partial charge on any atom is -0.486 e. The lowest BCUT2D eigenvalue weighted by atomic mass is 10.0. The topological polar surface area (TPSA) is 111 Å². The number of sulfonamides is 1. The van der Waals surface area contributed by atoms with Gasteiger partial charge in [-0.15, -0.1) is 0 Å². The number of hydrogen-bond donors (Lipinski definition) is 1. The summed E-state index contributed by atoms with van der Waals surface area (Å²) in [4.78, 5) is 14.8. The van der Waals surface area contributed by atoms with Crippen LogP contribution in [0.3, 0.4) is 0 Å². The van der Waals surface area contributed by atoms with Gasteiger partial charge in [-0.05, 0) is 51.3 Å². The minimum absolute atomic E-state index is 0.0213. The molecule has 0 saturated carbocycles. The summed E-state index contributed by atoms with van der Waals surface area (Å²) in [6, 6.07) is 4.63. The van der Waals surface area contributed by atoms with Crippen molar-refractivity contribution < 1.29 is 27.2 Å². The molecule has 2 aromatic rings. The van der Waals surface area contributed by atoms with E-state index < -0.39 is 16.1 Å². The maximum Gasteiger partial charge on any atom is 0.246 e. The third kappa shape index (κ3) is 3.77. The van der Waals surface area contributed by atoms with E-state index in [0.717, 1.165) is 18.4 Å². The Morgan fingerprint density at radius 1 is 1.23 bits per heavy atom. The van der Waals surface area contributed by atoms with Crippen LogP contribution in [0.15, 0.2) is 27.6 Å². The van der Waals surface area contributed by atoms with Crippen LogP contribution in [0.25, 0.3) is 0 Å². The fourth-order valence-electron chi connectivity index (χ4n) is 4.09. The number of likely N-dealkylation sites (tertiary alicyclic amines) is 1. The van der Waals surface area contributed by atoms with E-state index in [1.807, 2.05) is 18.2 Å². The Hall–Kier alpha value is -2.59. The van der Waals surface area contributed by atoms with Crippen LogP contribution in [-0.4, -0.2) is 50.2 Å². The van der Waals surface area contributed by atoms with Crippen LogP contribution < -0.4 is 14.2 Å². The van der Waals surface area contributed by atoms with Crippen LogP contribution in [0.1, 0.15) is 42.8 Å². The summed E-state index contributed by atoms with van der Waals surface area (Å²) >= 11 is 0. The molecule has 9 nitrogen and oxygen atoms in total. The predicted octanol–water partition coefficient (Wildman–Crippen LogP) is 2.09. The highest BCUT2D eigenvalue weighted by Crippen LogP contribution is 2.38. The van der Waals surface area contributed by atoms with E-state index in [1.165, 1.54) is 6.92 Å². The number of amides is 1. The Balaban J connectivity index is 1.52. The molecule has 1 aromatic carbocycles. The van der Waals surface area contributed by atoms with Crippen molar-refractivity contribution in [3.63, 3.8) is 0 Å². The maximum atomic E-state index is 13.1. The van der Waals surface area contributed by atoms with Crippen LogP contribution in [0, 0.1) is 13.8 Å². The standard InChI is InChI=1S/C20H25N3O6S/c1-12-19(14(3)29-21-12)30(25,26)22-13(2)20(24)23-8-4-5-16(23)15-6-7-17-18(11-15)28-10-9-27-17/h6-7,11,13,16,22H,4-5,8-10H2,1-3H3/t13-,16?/m0/s1. The summed E-state index contributed by atoms with van der Waals surface area (Å²) in [6.07, 6.45) is 1.64. The molecule has 10 heteroatoms. The summed E-state index contributed by atoms with van der Waals surface area (Å²) in [6.45, 7) is 6.20. The Morgan fingerprint density at radius 2 is 1.97 bits per heavy atom. The predicted molar refractivity (Wildman–Crippen MR) is 107 cm³/mol. The fourth-order valence-corrected chi connectivity index (χ4v) is 5.62. The van der Waals surface area contributed by atoms with Gasteiger partial charge in [0.25, 0.3) is 0 Å². The van der Waals surface area contributed by atoms with Crippen molar-refractivity contribution in [2.24, 2.45) is 0 Å². The van der Waals surface area contributed by atoms with E-state index in [9.17, 15) is 13.2 Å². The quantitative estimate of drug-likeness (QED) is 0.765. The molecule has 0 bridgehead atoms. The van der Waals surface area contributed by atoms with E-state index in [-0.39, 0.29) is 28.3 Å². The van der Waals surface area contributed by atoms with Gasteiger partial charge in [0.2, 0.25) is 15.9 Å². The summed E-state index contributed by atoms with van der Waals surface area (Å²) in [5, 5.41) is 3.69. The van der Waals surface area contributed by atoms with Gasteiger partial charge in [0.15, 0.2) is 17.3 Å². The van der Waals surface area contributed by atoms with Crippen LogP contribution in [0.5, 0.6) is 11.5 Å². The molecule has 1 saturated heterocycles. The van der Waals surface area contributed by atoms with Gasteiger partial charge >= 0.3 is 0 Å². The van der Waals surface area contributed by atoms with Crippen molar-refractivity contribution in [3.8, 4) is 11.5 Å². The maximum absolute atomic E-state index is 13.1. The third-order valence-corrected chi connectivity index (χ3v) is 7.21. The van der Waals surface area contributed by atoms with E-state index in [4.69, 9.17) is 14.0 Å². The average Bonchev–Trinajstić information content (AvgIpc) is 3.33. The SMILES string of the molecule is Cc1noc(C)c1S(=O)(=O)N[C@@H](C)C(=O)N1CCCC1c1ccc2c(c1)OCCO2. The first-order chi connectivity index (χ1) is 14.3. The summed E-state index contributed by atoms with van der Waals surface area (Å²) < 4.78 is 44.2. The molecule has 0 radical (unpaired) electrons. The lowest BCUT2D eigenvalue weighted by molar-refractivity contribution is -0.133. The van der Waals surface area contributed by atoms with Gasteiger partial charge in [0.05, 0.1) is 12.1 Å². The highest BCUT2D eigenvalue weighted by Gasteiger charge is 2.35. The van der Waals surface area contributed by atoms with Crippen molar-refractivity contribution in [2.75, 3.05) is 19.8 Å². The molecule has 2 atom stereocenters. The van der Waals surface area contributed by atoms with Gasteiger partial charge in [0, 0.05) is 6.54 Å². The second kappa shape index (κ2) is 7.92. The molecule has 30 heavy (non-hydrogen) atoms. The van der Waals surface area contributed by atoms with Crippen molar-refractivity contribution in [3.05, 3.63) is 35.2 Å². The van der Waals surface area contributed by atoms with Gasteiger partial charge in [-0.3, -0.25) is 4.79 Å². The normalized spacial score (nSPS) is 19.7. The monoisotopic (exact) mass is 435 g/mol. The van der Waals surface area contributed by atoms with Crippen LogP contribution in [0.2, 0.25) is 0 Å². The molecule has 0 aliphatic carbocycles. The van der Waals surface area contributed by atoms with Gasteiger partial charge < -0.3 is 18.9 Å². The van der Waals surface area contributed by atoms with E-state index in [1.54, 1.807) is 18.7 Å². The summed E-state index contributed by atoms with van der Waals surface area (Å²) in [5.74, 6) is 1.28. The number of nitrogens with one attached hydrogen (secondary N) is 1. The lowest BCUT2D eigenvalue weighted by Crippen LogP contribution is -2.46. The zero-order chi connectivity index (χ0) is 21.5. The molecule has 0 spiro atoms. The molecule has 1 aromatic heterocycles. The second-order valence-corrected chi connectivity index (χ2v) is 9.24. The molecule has 1 fully saturated rings. The van der Waals surface area contributed by atoms with Gasteiger partial charge in [-0.25, -0.2) is 8.42 Å². The molecule has 162 valence electrons. The number of fused-ring (bicyclic) bond motifs is 1. The van der Waals surface area contributed by atoms with Gasteiger partial charge in [-0.1, -0.05) is 11.2 Å². The number of nitrogens with zero attached hydrogens (tertiary/aromatic N) is 2. The molecule has 1 amide bonds. The Morgan fingerprint density at radius 3 is 2.67 bits per heavy atom. The first-order valence-corrected chi connectivity index (χ1v) is 11.4. The zero-order valence-electron chi connectivity index (χ0n) is 17.2. The van der Waals surface area contributed by atoms with E-state index in [0.29, 0.717) is 31.3 Å². The van der Waals surface area contributed by atoms with Crippen molar-refractivity contribution in [1.29, 1.82) is 0 Å². The van der Waals surface area contributed by atoms with Crippen LogP contribution in [0.4, 0.5) is 0 Å². The van der Waals surface area contributed by atoms with Gasteiger partial charge in [0.1, 0.15) is 23.8 Å². The number of ether oxygens (including phenoxy) is 2. The molecule has 4 rings (SSSR count). The summed E-state index contributed by atoms with van der Waals surface area (Å²) in [7, 11) is -3.94. The van der Waals surface area contributed by atoms with Crippen LogP contribution >= 0.6 is 0 Å². The molecule has 2 aliphatic rings. The number of rotatable bonds is 5. The van der Waals surface area contributed by atoms with Crippen molar-refractivity contribution >= 4 is 15.9 Å². The Bertz CT molecular complexity index is 1040. The number of carbonyl (C=O) groups is 1.